The van der Waals surface area contributed by atoms with Crippen molar-refractivity contribution in [3.05, 3.63) is 30.1 Å². The molecule has 1 aromatic rings. The molecule has 1 heterocycles. The quantitative estimate of drug-likeness (QED) is 0.801. The minimum atomic E-state index is 0.0875. The second kappa shape index (κ2) is 7.72. The number of pyridine rings is 1. The maximum absolute atomic E-state index is 9.45. The van der Waals surface area contributed by atoms with Gasteiger partial charge in [-0.15, -0.1) is 0 Å². The van der Waals surface area contributed by atoms with E-state index in [4.69, 9.17) is 5.73 Å². The van der Waals surface area contributed by atoms with Crippen LogP contribution in [0.1, 0.15) is 50.6 Å². The highest BCUT2D eigenvalue weighted by Gasteiger charge is 2.32. The standard InChI is InChI=1S/C16H27N3O/c1-2-15(17)16(13-7-9-18-10-8-13)19(11-12-20)14-5-3-4-6-14/h7-10,14-16,20H,2-6,11-12,17H2,1H3. The molecule has 1 aliphatic carbocycles. The van der Waals surface area contributed by atoms with Crippen molar-refractivity contribution in [2.75, 3.05) is 13.2 Å². The number of aromatic nitrogens is 1. The van der Waals surface area contributed by atoms with Crippen molar-refractivity contribution < 1.29 is 5.11 Å². The summed E-state index contributed by atoms with van der Waals surface area (Å²) in [6.45, 7) is 3.02. The fourth-order valence-corrected chi connectivity index (χ4v) is 3.37. The van der Waals surface area contributed by atoms with E-state index < -0.39 is 0 Å². The van der Waals surface area contributed by atoms with Crippen molar-refractivity contribution in [3.8, 4) is 0 Å². The van der Waals surface area contributed by atoms with Crippen molar-refractivity contribution in [1.82, 2.24) is 9.88 Å². The first-order valence-electron chi connectivity index (χ1n) is 7.80. The molecular formula is C16H27N3O. The van der Waals surface area contributed by atoms with Gasteiger partial charge in [-0.05, 0) is 37.0 Å². The van der Waals surface area contributed by atoms with E-state index in [1.807, 2.05) is 12.4 Å². The van der Waals surface area contributed by atoms with E-state index in [0.29, 0.717) is 12.6 Å². The van der Waals surface area contributed by atoms with E-state index in [0.717, 1.165) is 6.42 Å². The minimum absolute atomic E-state index is 0.0875. The van der Waals surface area contributed by atoms with Gasteiger partial charge in [0.05, 0.1) is 12.6 Å². The smallest absolute Gasteiger partial charge is 0.0558 e. The monoisotopic (exact) mass is 277 g/mol. The summed E-state index contributed by atoms with van der Waals surface area (Å²) in [6, 6.07) is 4.93. The molecule has 112 valence electrons. The molecule has 1 aromatic heterocycles. The summed E-state index contributed by atoms with van der Waals surface area (Å²) in [4.78, 5) is 6.53. The van der Waals surface area contributed by atoms with Crippen molar-refractivity contribution in [3.63, 3.8) is 0 Å². The van der Waals surface area contributed by atoms with E-state index in [-0.39, 0.29) is 18.7 Å². The fraction of sp³-hybridized carbons (Fsp3) is 0.688. The van der Waals surface area contributed by atoms with Crippen LogP contribution in [-0.4, -0.2) is 40.2 Å². The molecule has 1 aliphatic rings. The highest BCUT2D eigenvalue weighted by atomic mass is 16.3. The molecule has 0 spiro atoms. The molecule has 20 heavy (non-hydrogen) atoms. The van der Waals surface area contributed by atoms with Crippen LogP contribution in [0.15, 0.2) is 24.5 Å². The summed E-state index contributed by atoms with van der Waals surface area (Å²) in [7, 11) is 0. The predicted octanol–water partition coefficient (Wildman–Crippen LogP) is 2.10. The molecule has 4 nitrogen and oxygen atoms in total. The molecule has 0 bridgehead atoms. The Labute approximate surface area is 122 Å². The highest BCUT2D eigenvalue weighted by molar-refractivity contribution is 5.18. The first-order chi connectivity index (χ1) is 9.77. The zero-order valence-corrected chi connectivity index (χ0v) is 12.4. The average Bonchev–Trinajstić information content (AvgIpc) is 3.01. The molecule has 3 N–H and O–H groups in total. The van der Waals surface area contributed by atoms with Crippen LogP contribution in [0.2, 0.25) is 0 Å². The van der Waals surface area contributed by atoms with Gasteiger partial charge in [-0.25, -0.2) is 0 Å². The largest absolute Gasteiger partial charge is 0.395 e. The lowest BCUT2D eigenvalue weighted by atomic mass is 9.95. The molecule has 2 rings (SSSR count). The Bertz CT molecular complexity index is 379. The number of rotatable bonds is 7. The number of hydrogen-bond donors (Lipinski definition) is 2. The van der Waals surface area contributed by atoms with Crippen LogP contribution in [0, 0.1) is 0 Å². The number of nitrogens with two attached hydrogens (primary N) is 1. The molecule has 0 amide bonds. The van der Waals surface area contributed by atoms with Crippen molar-refractivity contribution in [1.29, 1.82) is 0 Å². The van der Waals surface area contributed by atoms with E-state index in [1.54, 1.807) is 0 Å². The lowest BCUT2D eigenvalue weighted by Gasteiger charge is -2.39. The first-order valence-corrected chi connectivity index (χ1v) is 7.80. The molecule has 0 aliphatic heterocycles. The second-order valence-corrected chi connectivity index (χ2v) is 5.70. The van der Waals surface area contributed by atoms with Gasteiger partial charge in [0.1, 0.15) is 0 Å². The zero-order valence-electron chi connectivity index (χ0n) is 12.4. The molecule has 0 saturated heterocycles. The van der Waals surface area contributed by atoms with Crippen LogP contribution < -0.4 is 5.73 Å². The summed E-state index contributed by atoms with van der Waals surface area (Å²) in [6.07, 6.45) is 9.61. The Hall–Kier alpha value is -0.970. The highest BCUT2D eigenvalue weighted by Crippen LogP contribution is 2.32. The maximum atomic E-state index is 9.45. The predicted molar refractivity (Wildman–Crippen MR) is 81.3 cm³/mol. The van der Waals surface area contributed by atoms with Crippen LogP contribution in [0.5, 0.6) is 0 Å². The summed E-state index contributed by atoms with van der Waals surface area (Å²) in [5.74, 6) is 0. The van der Waals surface area contributed by atoms with Crippen molar-refractivity contribution in [2.45, 2.75) is 57.2 Å². The number of hydrogen-bond acceptors (Lipinski definition) is 4. The van der Waals surface area contributed by atoms with Crippen LogP contribution in [0.25, 0.3) is 0 Å². The molecule has 1 fully saturated rings. The van der Waals surface area contributed by atoms with Crippen molar-refractivity contribution in [2.24, 2.45) is 5.73 Å². The molecule has 2 unspecified atom stereocenters. The van der Waals surface area contributed by atoms with E-state index >= 15 is 0 Å². The van der Waals surface area contributed by atoms with Crippen LogP contribution in [0.4, 0.5) is 0 Å². The van der Waals surface area contributed by atoms with Crippen LogP contribution in [0.3, 0.4) is 0 Å². The molecule has 0 radical (unpaired) electrons. The number of nitrogens with zero attached hydrogens (tertiary/aromatic N) is 2. The number of aliphatic hydroxyl groups is 1. The molecular weight excluding hydrogens is 250 g/mol. The Morgan fingerprint density at radius 3 is 2.55 bits per heavy atom. The maximum Gasteiger partial charge on any atom is 0.0558 e. The molecule has 4 heteroatoms. The number of aliphatic hydroxyl groups excluding tert-OH is 1. The van der Waals surface area contributed by atoms with Gasteiger partial charge in [0.25, 0.3) is 0 Å². The van der Waals surface area contributed by atoms with Gasteiger partial charge in [-0.1, -0.05) is 19.8 Å². The normalized spacial score (nSPS) is 19.4. The lowest BCUT2D eigenvalue weighted by molar-refractivity contribution is 0.0882. The average molecular weight is 277 g/mol. The summed E-state index contributed by atoms with van der Waals surface area (Å²) in [5.41, 5.74) is 7.62. The minimum Gasteiger partial charge on any atom is -0.395 e. The van der Waals surface area contributed by atoms with E-state index in [9.17, 15) is 5.11 Å². The van der Waals surface area contributed by atoms with Gasteiger partial charge in [0.2, 0.25) is 0 Å². The summed E-state index contributed by atoms with van der Waals surface area (Å²) < 4.78 is 0. The Kier molecular flexibility index (Phi) is 5.95. The van der Waals surface area contributed by atoms with Gasteiger partial charge >= 0.3 is 0 Å². The van der Waals surface area contributed by atoms with Gasteiger partial charge in [0, 0.05) is 31.0 Å². The third-order valence-electron chi connectivity index (χ3n) is 4.43. The molecule has 1 saturated carbocycles. The van der Waals surface area contributed by atoms with Gasteiger partial charge in [0.15, 0.2) is 0 Å². The SMILES string of the molecule is CCC(N)C(c1ccncc1)N(CCO)C1CCCC1. The fourth-order valence-electron chi connectivity index (χ4n) is 3.37. The Balaban J connectivity index is 2.26. The molecule has 2 atom stereocenters. The third-order valence-corrected chi connectivity index (χ3v) is 4.43. The molecule has 0 aromatic carbocycles. The van der Waals surface area contributed by atoms with Gasteiger partial charge in [-0.2, -0.15) is 0 Å². The van der Waals surface area contributed by atoms with E-state index in [2.05, 4.69) is 28.9 Å². The van der Waals surface area contributed by atoms with Crippen LogP contribution in [-0.2, 0) is 0 Å². The summed E-state index contributed by atoms with van der Waals surface area (Å²) in [5, 5.41) is 9.45. The topological polar surface area (TPSA) is 62.4 Å². The first kappa shape index (κ1) is 15.4. The third kappa shape index (κ3) is 3.57. The van der Waals surface area contributed by atoms with E-state index in [1.165, 1.54) is 31.2 Å². The Morgan fingerprint density at radius 1 is 1.35 bits per heavy atom. The lowest BCUT2D eigenvalue weighted by Crippen LogP contribution is -2.46. The van der Waals surface area contributed by atoms with Gasteiger partial charge < -0.3 is 10.8 Å². The van der Waals surface area contributed by atoms with Crippen LogP contribution >= 0.6 is 0 Å². The Morgan fingerprint density at radius 2 is 2.00 bits per heavy atom. The van der Waals surface area contributed by atoms with Crippen molar-refractivity contribution >= 4 is 0 Å². The van der Waals surface area contributed by atoms with Gasteiger partial charge in [-0.3, -0.25) is 9.88 Å². The summed E-state index contributed by atoms with van der Waals surface area (Å²) >= 11 is 0. The zero-order chi connectivity index (χ0) is 14.4. The second-order valence-electron chi connectivity index (χ2n) is 5.70.